The van der Waals surface area contributed by atoms with Crippen LogP contribution < -0.4 is 0 Å². The number of para-hydroxylation sites is 4. The van der Waals surface area contributed by atoms with Crippen molar-refractivity contribution in [1.29, 1.82) is 10.5 Å². The first kappa shape index (κ1) is 30.7. The zero-order valence-electron chi connectivity index (χ0n) is 29.4. The van der Waals surface area contributed by atoms with Gasteiger partial charge >= 0.3 is 0 Å². The van der Waals surface area contributed by atoms with E-state index in [1.807, 2.05) is 24.3 Å². The Labute approximate surface area is 315 Å². The smallest absolute Gasteiger partial charge is 0.145 e. The number of benzene rings is 8. The van der Waals surface area contributed by atoms with Crippen LogP contribution in [0.5, 0.6) is 0 Å². The topological polar surface area (TPSA) is 70.6 Å². The molecule has 0 atom stereocenters. The maximum Gasteiger partial charge on any atom is 0.145 e. The highest BCUT2D eigenvalue weighted by Gasteiger charge is 2.21. The minimum absolute atomic E-state index is 0.480. The molecule has 0 amide bonds. The summed E-state index contributed by atoms with van der Waals surface area (Å²) in [5.41, 5.74) is 12.8. The van der Waals surface area contributed by atoms with Crippen molar-refractivity contribution in [3.63, 3.8) is 0 Å². The van der Waals surface area contributed by atoms with Gasteiger partial charge in [0, 0.05) is 43.7 Å². The first-order chi connectivity index (χ1) is 27.2. The summed E-state index contributed by atoms with van der Waals surface area (Å²) in [5.74, 6) is 0. The molecule has 0 bridgehead atoms. The molecule has 11 aromatic rings. The molecule has 0 saturated heterocycles. The highest BCUT2D eigenvalue weighted by molar-refractivity contribution is 6.24. The number of hydrogen-bond acceptors (Lipinski definition) is 3. The molecule has 0 aliphatic heterocycles. The third-order valence-corrected chi connectivity index (χ3v) is 11.0. The Morgan fingerprint density at radius 2 is 1.02 bits per heavy atom. The number of nitrogens with zero attached hydrogens (tertiary/aromatic N) is 4. The van der Waals surface area contributed by atoms with Gasteiger partial charge in [0.1, 0.15) is 11.2 Å². The first-order valence-corrected chi connectivity index (χ1v) is 18.2. The Balaban J connectivity index is 1.19. The van der Waals surface area contributed by atoms with E-state index >= 15 is 0 Å². The average Bonchev–Trinajstić information content (AvgIpc) is 3.91. The molecule has 0 saturated carbocycles. The first-order valence-electron chi connectivity index (χ1n) is 18.2. The van der Waals surface area contributed by atoms with Crippen LogP contribution in [0.25, 0.3) is 99.2 Å². The van der Waals surface area contributed by atoms with Crippen LogP contribution in [-0.2, 0) is 0 Å². The van der Waals surface area contributed by atoms with Gasteiger partial charge in [0.05, 0.1) is 56.4 Å². The predicted octanol–water partition coefficient (Wildman–Crippen LogP) is 12.9. The lowest BCUT2D eigenvalue weighted by Gasteiger charge is -2.18. The lowest BCUT2D eigenvalue weighted by molar-refractivity contribution is 0.673. The summed E-state index contributed by atoms with van der Waals surface area (Å²) in [7, 11) is 0. The minimum Gasteiger partial charge on any atom is -0.455 e. The van der Waals surface area contributed by atoms with E-state index in [1.165, 1.54) is 10.8 Å². The second-order valence-corrected chi connectivity index (χ2v) is 13.9. The summed E-state index contributed by atoms with van der Waals surface area (Å²) in [4.78, 5) is 0. The molecule has 3 heterocycles. The Morgan fingerprint density at radius 3 is 1.69 bits per heavy atom. The van der Waals surface area contributed by atoms with Crippen LogP contribution in [0.1, 0.15) is 11.1 Å². The Kier molecular flexibility index (Phi) is 6.61. The standard InChI is InChI=1S/C50H28N4O/c51-29-33-10-9-11-34(30-52)48(33)32-22-20-31(21-23-32)36-25-24-35(28-46(36)54-42-16-5-1-12-37(42)38-13-2-6-17-43(38)54)53-44-18-7-3-15-41(44)49-45(53)27-26-40-39-14-4-8-19-47(39)55-50(40)49/h1-28H. The fourth-order valence-corrected chi connectivity index (χ4v) is 8.65. The number of fused-ring (bicyclic) bond motifs is 10. The van der Waals surface area contributed by atoms with E-state index < -0.39 is 0 Å². The van der Waals surface area contributed by atoms with E-state index in [-0.39, 0.29) is 0 Å². The monoisotopic (exact) mass is 700 g/mol. The molecule has 0 spiro atoms. The molecular weight excluding hydrogens is 673 g/mol. The lowest BCUT2D eigenvalue weighted by Crippen LogP contribution is -2.01. The summed E-state index contributed by atoms with van der Waals surface area (Å²) in [5, 5.41) is 26.6. The van der Waals surface area contributed by atoms with Crippen molar-refractivity contribution in [2.75, 3.05) is 0 Å². The van der Waals surface area contributed by atoms with Crippen LogP contribution in [0.3, 0.4) is 0 Å². The van der Waals surface area contributed by atoms with E-state index in [2.05, 4.69) is 149 Å². The molecule has 0 radical (unpaired) electrons. The van der Waals surface area contributed by atoms with Crippen LogP contribution >= 0.6 is 0 Å². The van der Waals surface area contributed by atoms with Crippen molar-refractivity contribution in [3.05, 3.63) is 181 Å². The van der Waals surface area contributed by atoms with Crippen molar-refractivity contribution in [2.45, 2.75) is 0 Å². The molecule has 0 aliphatic rings. The second kappa shape index (κ2) is 11.8. The number of hydrogen-bond donors (Lipinski definition) is 0. The molecule has 0 N–H and O–H groups in total. The molecule has 8 aromatic carbocycles. The molecule has 0 unspecified atom stereocenters. The summed E-state index contributed by atoms with van der Waals surface area (Å²) < 4.78 is 11.3. The minimum atomic E-state index is 0.480. The average molecular weight is 701 g/mol. The van der Waals surface area contributed by atoms with Crippen LogP contribution in [0.2, 0.25) is 0 Å². The molecule has 3 aromatic heterocycles. The summed E-state index contributed by atoms with van der Waals surface area (Å²) >= 11 is 0. The molecule has 11 rings (SSSR count). The summed E-state index contributed by atoms with van der Waals surface area (Å²) in [6.07, 6.45) is 0. The van der Waals surface area contributed by atoms with Gasteiger partial charge in [-0.2, -0.15) is 10.5 Å². The Morgan fingerprint density at radius 1 is 0.436 bits per heavy atom. The van der Waals surface area contributed by atoms with Gasteiger partial charge < -0.3 is 13.6 Å². The molecule has 254 valence electrons. The number of nitriles is 2. The summed E-state index contributed by atoms with van der Waals surface area (Å²) in [6.45, 7) is 0. The third-order valence-electron chi connectivity index (χ3n) is 11.0. The maximum absolute atomic E-state index is 9.90. The zero-order chi connectivity index (χ0) is 36.6. The fourth-order valence-electron chi connectivity index (χ4n) is 8.65. The molecule has 0 fully saturated rings. The van der Waals surface area contributed by atoms with Crippen LogP contribution in [-0.4, -0.2) is 9.13 Å². The molecule has 0 aliphatic carbocycles. The van der Waals surface area contributed by atoms with Gasteiger partial charge in [-0.1, -0.05) is 109 Å². The van der Waals surface area contributed by atoms with Crippen molar-refractivity contribution in [2.24, 2.45) is 0 Å². The van der Waals surface area contributed by atoms with E-state index in [1.54, 1.807) is 18.2 Å². The molecule has 5 nitrogen and oxygen atoms in total. The van der Waals surface area contributed by atoms with Crippen molar-refractivity contribution < 1.29 is 4.42 Å². The van der Waals surface area contributed by atoms with E-state index in [9.17, 15) is 10.5 Å². The SMILES string of the molecule is N#Cc1cccc(C#N)c1-c1ccc(-c2ccc(-n3c4ccccc4c4c5oc6ccccc6c5ccc43)cc2-n2c3ccccc3c3ccccc32)cc1. The van der Waals surface area contributed by atoms with Crippen LogP contribution in [0.4, 0.5) is 0 Å². The predicted molar refractivity (Wildman–Crippen MR) is 223 cm³/mol. The van der Waals surface area contributed by atoms with Gasteiger partial charge in [-0.25, -0.2) is 0 Å². The molecule has 5 heteroatoms. The molecule has 55 heavy (non-hydrogen) atoms. The number of aromatic nitrogens is 2. The van der Waals surface area contributed by atoms with Gasteiger partial charge in [-0.05, 0) is 71.8 Å². The van der Waals surface area contributed by atoms with Gasteiger partial charge in [0.2, 0.25) is 0 Å². The number of furan rings is 1. The second-order valence-electron chi connectivity index (χ2n) is 13.9. The van der Waals surface area contributed by atoms with E-state index in [0.29, 0.717) is 16.7 Å². The lowest BCUT2D eigenvalue weighted by atomic mass is 9.93. The Bertz CT molecular complexity index is 3370. The molecular formula is C50H28N4O. The van der Waals surface area contributed by atoms with Crippen molar-refractivity contribution in [1.82, 2.24) is 9.13 Å². The van der Waals surface area contributed by atoms with Gasteiger partial charge in [0.25, 0.3) is 0 Å². The fraction of sp³-hybridized carbons (Fsp3) is 0. The van der Waals surface area contributed by atoms with E-state index in [4.69, 9.17) is 4.42 Å². The summed E-state index contributed by atoms with van der Waals surface area (Å²) in [6, 6.07) is 63.1. The van der Waals surface area contributed by atoms with Gasteiger partial charge in [-0.3, -0.25) is 0 Å². The van der Waals surface area contributed by atoms with Crippen molar-refractivity contribution >= 4 is 65.6 Å². The normalized spacial score (nSPS) is 11.6. The highest BCUT2D eigenvalue weighted by Crippen LogP contribution is 2.43. The van der Waals surface area contributed by atoms with Gasteiger partial charge in [0.15, 0.2) is 0 Å². The van der Waals surface area contributed by atoms with Crippen LogP contribution in [0, 0.1) is 22.7 Å². The zero-order valence-corrected chi connectivity index (χ0v) is 29.4. The Hall–Kier alpha value is -7.86. The quantitative estimate of drug-likeness (QED) is 0.183. The third kappa shape index (κ3) is 4.45. The highest BCUT2D eigenvalue weighted by atomic mass is 16.3. The maximum atomic E-state index is 9.90. The van der Waals surface area contributed by atoms with Gasteiger partial charge in [-0.15, -0.1) is 0 Å². The largest absolute Gasteiger partial charge is 0.455 e. The number of rotatable bonds is 4. The van der Waals surface area contributed by atoms with Crippen molar-refractivity contribution in [3.8, 4) is 45.8 Å². The van der Waals surface area contributed by atoms with E-state index in [0.717, 1.165) is 82.8 Å². The van der Waals surface area contributed by atoms with Crippen LogP contribution in [0.15, 0.2) is 174 Å².